The Balaban J connectivity index is 1.54. The molecule has 0 aliphatic heterocycles. The Morgan fingerprint density at radius 3 is 1.52 bits per heavy atom. The smallest absolute Gasteiger partial charge is 0.145 e. The summed E-state index contributed by atoms with van der Waals surface area (Å²) in [4.78, 5) is 13.0. The van der Waals surface area contributed by atoms with Gasteiger partial charge in [0.15, 0.2) is 0 Å². The highest BCUT2D eigenvalue weighted by Crippen LogP contribution is 2.63. The molecule has 2 spiro atoms. The van der Waals surface area contributed by atoms with Crippen LogP contribution >= 0.6 is 0 Å². The van der Waals surface area contributed by atoms with E-state index >= 15 is 0 Å². The molecule has 3 saturated carbocycles. The quantitative estimate of drug-likeness (QED) is 0.789. The van der Waals surface area contributed by atoms with Crippen molar-refractivity contribution in [2.24, 2.45) is 10.8 Å². The summed E-state index contributed by atoms with van der Waals surface area (Å²) in [6.07, 6.45) is 10.5. The molecule has 0 heterocycles. The lowest BCUT2D eigenvalue weighted by Crippen LogP contribution is -2.60. The second kappa shape index (κ2) is 6.00. The van der Waals surface area contributed by atoms with Crippen molar-refractivity contribution < 1.29 is 14.3 Å². The normalized spacial score (nSPS) is 43.2. The van der Waals surface area contributed by atoms with E-state index in [0.717, 1.165) is 71.0 Å². The van der Waals surface area contributed by atoms with E-state index < -0.39 is 0 Å². The molecule has 3 aliphatic carbocycles. The maximum atomic E-state index is 13.0. The van der Waals surface area contributed by atoms with Crippen molar-refractivity contribution in [3.05, 3.63) is 0 Å². The first-order valence-corrected chi connectivity index (χ1v) is 8.92. The molecule has 0 bridgehead atoms. The molecule has 3 nitrogen and oxygen atoms in total. The van der Waals surface area contributed by atoms with Crippen LogP contribution in [0.15, 0.2) is 0 Å². The van der Waals surface area contributed by atoms with E-state index in [1.807, 2.05) is 0 Å². The lowest BCUT2D eigenvalue weighted by molar-refractivity contribution is -0.173. The molecule has 3 aliphatic rings. The summed E-state index contributed by atoms with van der Waals surface area (Å²) in [5.74, 6) is 0.597. The van der Waals surface area contributed by atoms with Crippen molar-refractivity contribution in [3.8, 4) is 0 Å². The van der Waals surface area contributed by atoms with Crippen molar-refractivity contribution in [1.82, 2.24) is 0 Å². The van der Waals surface area contributed by atoms with Crippen LogP contribution in [-0.2, 0) is 14.3 Å². The number of carbonyl (C=O) groups is 1. The number of Topliss-reactive ketones (excluding diaryl/α,β-unsaturated/α-hetero) is 1. The average molecular weight is 294 g/mol. The monoisotopic (exact) mass is 294 g/mol. The minimum Gasteiger partial charge on any atom is -0.379 e. The summed E-state index contributed by atoms with van der Waals surface area (Å²) in [7, 11) is 0. The zero-order chi connectivity index (χ0) is 14.9. The Labute approximate surface area is 128 Å². The maximum absolute atomic E-state index is 13.0. The predicted octanol–water partition coefficient (Wildman–Crippen LogP) is 3.89. The predicted molar refractivity (Wildman–Crippen MR) is 82.3 cm³/mol. The number of hydrogen-bond donors (Lipinski definition) is 0. The van der Waals surface area contributed by atoms with Crippen LogP contribution < -0.4 is 0 Å². The summed E-state index contributed by atoms with van der Waals surface area (Å²) in [6, 6.07) is 0. The van der Waals surface area contributed by atoms with Gasteiger partial charge in [-0.15, -0.1) is 0 Å². The molecule has 0 aromatic rings. The van der Waals surface area contributed by atoms with Crippen LogP contribution in [0.2, 0.25) is 0 Å². The van der Waals surface area contributed by atoms with Crippen molar-refractivity contribution in [1.29, 1.82) is 0 Å². The van der Waals surface area contributed by atoms with Crippen LogP contribution in [0.4, 0.5) is 0 Å². The summed E-state index contributed by atoms with van der Waals surface area (Å²) in [6.45, 7) is 5.72. The van der Waals surface area contributed by atoms with E-state index in [1.54, 1.807) is 0 Å². The third-order valence-electron chi connectivity index (χ3n) is 6.22. The maximum Gasteiger partial charge on any atom is 0.145 e. The molecule has 0 aromatic carbocycles. The Morgan fingerprint density at radius 2 is 1.24 bits per heavy atom. The van der Waals surface area contributed by atoms with Crippen molar-refractivity contribution in [2.75, 3.05) is 13.2 Å². The molecule has 3 fully saturated rings. The second-order valence-corrected chi connectivity index (χ2v) is 7.38. The molecular formula is C18H30O3. The number of hydrogen-bond acceptors (Lipinski definition) is 3. The van der Waals surface area contributed by atoms with Crippen LogP contribution in [0.3, 0.4) is 0 Å². The van der Waals surface area contributed by atoms with Crippen molar-refractivity contribution in [2.45, 2.75) is 83.8 Å². The highest BCUT2D eigenvalue weighted by atomic mass is 16.5. The van der Waals surface area contributed by atoms with Crippen LogP contribution in [0, 0.1) is 10.8 Å². The molecule has 3 heteroatoms. The minimum absolute atomic E-state index is 0.0338. The van der Waals surface area contributed by atoms with Gasteiger partial charge in [-0.05, 0) is 71.6 Å². The summed E-state index contributed by atoms with van der Waals surface area (Å²) < 4.78 is 11.5. The lowest BCUT2D eigenvalue weighted by atomic mass is 9.44. The fourth-order valence-corrected chi connectivity index (χ4v) is 5.16. The van der Waals surface area contributed by atoms with Gasteiger partial charge in [0.25, 0.3) is 0 Å². The molecule has 0 saturated heterocycles. The van der Waals surface area contributed by atoms with Crippen molar-refractivity contribution >= 4 is 5.78 Å². The molecule has 0 unspecified atom stereocenters. The van der Waals surface area contributed by atoms with Gasteiger partial charge in [-0.25, -0.2) is 0 Å². The topological polar surface area (TPSA) is 35.5 Å². The fourth-order valence-electron chi connectivity index (χ4n) is 5.16. The van der Waals surface area contributed by atoms with Gasteiger partial charge >= 0.3 is 0 Å². The van der Waals surface area contributed by atoms with Gasteiger partial charge < -0.3 is 9.47 Å². The zero-order valence-electron chi connectivity index (χ0n) is 13.7. The Hall–Kier alpha value is -0.410. The first-order valence-electron chi connectivity index (χ1n) is 8.92. The molecule has 0 radical (unpaired) electrons. The first-order chi connectivity index (χ1) is 10.1. The van der Waals surface area contributed by atoms with Crippen LogP contribution in [0.25, 0.3) is 0 Å². The van der Waals surface area contributed by atoms with Crippen LogP contribution in [0.1, 0.15) is 71.6 Å². The standard InChI is InChI=1S/C18H30O3/c1-3-20-14-5-9-17(10-6-14)13-18(16(17)19)11-7-15(8-12-18)21-4-2/h14-15H,3-13H2,1-2H3. The van der Waals surface area contributed by atoms with Gasteiger partial charge in [0.1, 0.15) is 5.78 Å². The van der Waals surface area contributed by atoms with Crippen LogP contribution in [-0.4, -0.2) is 31.2 Å². The molecule has 0 amide bonds. The SMILES string of the molecule is CCOC1CCC2(CC1)CC1(CCC(OCC)CC1)C2=O. The Kier molecular flexibility index (Phi) is 4.42. The van der Waals surface area contributed by atoms with Gasteiger partial charge in [-0.3, -0.25) is 4.79 Å². The van der Waals surface area contributed by atoms with Gasteiger partial charge in [0.05, 0.1) is 12.2 Å². The third-order valence-corrected chi connectivity index (χ3v) is 6.22. The van der Waals surface area contributed by atoms with Crippen LogP contribution in [0.5, 0.6) is 0 Å². The summed E-state index contributed by atoms with van der Waals surface area (Å²) in [5, 5.41) is 0. The highest BCUT2D eigenvalue weighted by Gasteiger charge is 2.63. The van der Waals surface area contributed by atoms with E-state index in [0.29, 0.717) is 18.0 Å². The molecule has 21 heavy (non-hydrogen) atoms. The van der Waals surface area contributed by atoms with Gasteiger partial charge in [0.2, 0.25) is 0 Å². The largest absolute Gasteiger partial charge is 0.379 e. The minimum atomic E-state index is 0.0338. The van der Waals surface area contributed by atoms with E-state index in [-0.39, 0.29) is 10.8 Å². The van der Waals surface area contributed by atoms with E-state index in [9.17, 15) is 4.79 Å². The first kappa shape index (κ1) is 15.5. The molecule has 120 valence electrons. The number of carbonyl (C=O) groups excluding carboxylic acids is 1. The Morgan fingerprint density at radius 1 is 0.857 bits per heavy atom. The number of ketones is 1. The molecular weight excluding hydrogens is 264 g/mol. The molecule has 0 aromatic heterocycles. The van der Waals surface area contributed by atoms with E-state index in [4.69, 9.17) is 9.47 Å². The zero-order valence-corrected chi connectivity index (χ0v) is 13.7. The van der Waals surface area contributed by atoms with Gasteiger partial charge in [0, 0.05) is 24.0 Å². The number of rotatable bonds is 4. The van der Waals surface area contributed by atoms with Gasteiger partial charge in [-0.1, -0.05) is 0 Å². The van der Waals surface area contributed by atoms with Crippen molar-refractivity contribution in [3.63, 3.8) is 0 Å². The van der Waals surface area contributed by atoms with E-state index in [1.165, 1.54) is 0 Å². The Bertz CT molecular complexity index is 340. The van der Waals surface area contributed by atoms with E-state index in [2.05, 4.69) is 13.8 Å². The molecule has 3 rings (SSSR count). The highest BCUT2D eigenvalue weighted by molar-refractivity contribution is 5.96. The second-order valence-electron chi connectivity index (χ2n) is 7.38. The third kappa shape index (κ3) is 2.68. The molecule has 0 atom stereocenters. The molecule has 0 N–H and O–H groups in total. The summed E-state index contributed by atoms with van der Waals surface area (Å²) >= 11 is 0. The lowest BCUT2D eigenvalue weighted by Gasteiger charge is -2.59. The average Bonchev–Trinajstić information content (AvgIpc) is 2.51. The number of ether oxygens (including phenoxy) is 2. The van der Waals surface area contributed by atoms with Gasteiger partial charge in [-0.2, -0.15) is 0 Å². The summed E-state index contributed by atoms with van der Waals surface area (Å²) in [5.41, 5.74) is 0.0676. The fraction of sp³-hybridized carbons (Fsp3) is 0.944.